The number of rotatable bonds is 4. The Labute approximate surface area is 111 Å². The van der Waals surface area contributed by atoms with Crippen LogP contribution in [0, 0.1) is 12.7 Å². The monoisotopic (exact) mass is 260 g/mol. The van der Waals surface area contributed by atoms with Crippen molar-refractivity contribution in [2.45, 2.75) is 13.5 Å². The predicted octanol–water partition coefficient (Wildman–Crippen LogP) is 1.39. The second-order valence-corrected chi connectivity index (χ2v) is 4.34. The number of hydrogen-bond donors (Lipinski definition) is 2. The van der Waals surface area contributed by atoms with Gasteiger partial charge in [0.1, 0.15) is 6.61 Å². The van der Waals surface area contributed by atoms with Crippen LogP contribution >= 0.6 is 0 Å². The van der Waals surface area contributed by atoms with Crippen molar-refractivity contribution in [1.29, 1.82) is 0 Å². The first-order valence-corrected chi connectivity index (χ1v) is 5.90. The van der Waals surface area contributed by atoms with E-state index in [9.17, 15) is 4.39 Å². The summed E-state index contributed by atoms with van der Waals surface area (Å²) in [6.07, 6.45) is 0. The van der Waals surface area contributed by atoms with Crippen molar-refractivity contribution in [2.24, 2.45) is 0 Å². The second-order valence-electron chi connectivity index (χ2n) is 4.34. The Morgan fingerprint density at radius 1 is 1.16 bits per heavy atom. The molecule has 0 unspecified atom stereocenters. The van der Waals surface area contributed by atoms with E-state index in [1.54, 1.807) is 36.4 Å². The molecule has 0 fully saturated rings. The van der Waals surface area contributed by atoms with Gasteiger partial charge in [0.2, 0.25) is 0 Å². The van der Waals surface area contributed by atoms with E-state index in [1.165, 1.54) is 6.07 Å². The van der Waals surface area contributed by atoms with E-state index in [1.807, 2.05) is 6.92 Å². The van der Waals surface area contributed by atoms with Gasteiger partial charge in [-0.2, -0.15) is 0 Å². The predicted molar refractivity (Wildman–Crippen MR) is 71.7 cm³/mol. The van der Waals surface area contributed by atoms with Crippen molar-refractivity contribution >= 4 is 12.6 Å². The fraction of sp³-hybridized carbons (Fsp3) is 0.143. The van der Waals surface area contributed by atoms with Gasteiger partial charge in [-0.15, -0.1) is 0 Å². The summed E-state index contributed by atoms with van der Waals surface area (Å²) in [5, 5.41) is 18.1. The van der Waals surface area contributed by atoms with Crippen molar-refractivity contribution < 1.29 is 19.2 Å². The normalized spacial score (nSPS) is 10.3. The average molecular weight is 260 g/mol. The number of aryl methyl sites for hydroxylation is 1. The molecular weight excluding hydrogens is 246 g/mol. The zero-order chi connectivity index (χ0) is 13.8. The van der Waals surface area contributed by atoms with Gasteiger partial charge in [0, 0.05) is 0 Å². The minimum absolute atomic E-state index is 0.168. The van der Waals surface area contributed by atoms with Gasteiger partial charge < -0.3 is 14.8 Å². The van der Waals surface area contributed by atoms with Crippen LogP contribution in [0.5, 0.6) is 5.75 Å². The summed E-state index contributed by atoms with van der Waals surface area (Å²) >= 11 is 0. The van der Waals surface area contributed by atoms with Gasteiger partial charge in [0.15, 0.2) is 11.6 Å². The summed E-state index contributed by atoms with van der Waals surface area (Å²) in [5.41, 5.74) is 2.04. The molecule has 3 nitrogen and oxygen atoms in total. The smallest absolute Gasteiger partial charge is 0.486 e. The van der Waals surface area contributed by atoms with E-state index in [0.717, 1.165) is 11.1 Å². The number of hydrogen-bond acceptors (Lipinski definition) is 3. The number of ether oxygens (including phenoxy) is 1. The molecule has 0 heterocycles. The first-order valence-electron chi connectivity index (χ1n) is 5.90. The molecule has 2 aromatic rings. The lowest BCUT2D eigenvalue weighted by atomic mass is 9.80. The molecule has 0 amide bonds. The maximum Gasteiger partial charge on any atom is 0.488 e. The fourth-order valence-electron chi connectivity index (χ4n) is 1.73. The molecule has 0 saturated carbocycles. The topological polar surface area (TPSA) is 49.7 Å². The molecule has 0 atom stereocenters. The van der Waals surface area contributed by atoms with Gasteiger partial charge in [-0.1, -0.05) is 30.3 Å². The van der Waals surface area contributed by atoms with Crippen molar-refractivity contribution in [3.63, 3.8) is 0 Å². The fourth-order valence-corrected chi connectivity index (χ4v) is 1.73. The Bertz CT molecular complexity index is 572. The highest BCUT2D eigenvalue weighted by molar-refractivity contribution is 6.58. The highest BCUT2D eigenvalue weighted by atomic mass is 19.1. The Balaban J connectivity index is 2.10. The van der Waals surface area contributed by atoms with Crippen LogP contribution in [-0.2, 0) is 6.61 Å². The minimum Gasteiger partial charge on any atom is -0.486 e. The second kappa shape index (κ2) is 5.86. The quantitative estimate of drug-likeness (QED) is 0.817. The molecule has 0 radical (unpaired) electrons. The molecule has 0 spiro atoms. The molecule has 2 N–H and O–H groups in total. The Kier molecular flexibility index (Phi) is 4.19. The lowest BCUT2D eigenvalue weighted by Crippen LogP contribution is -2.29. The molecule has 0 aromatic heterocycles. The SMILES string of the molecule is Cc1ccc(F)c(OCc2cccc(B(O)O)c2)c1. The number of benzene rings is 2. The molecule has 0 aliphatic rings. The molecule has 5 heteroatoms. The van der Waals surface area contributed by atoms with E-state index < -0.39 is 12.9 Å². The maximum absolute atomic E-state index is 13.5. The van der Waals surface area contributed by atoms with Gasteiger partial charge >= 0.3 is 7.12 Å². The summed E-state index contributed by atoms with van der Waals surface area (Å²) in [5.74, 6) is -0.223. The lowest BCUT2D eigenvalue weighted by molar-refractivity contribution is 0.290. The minimum atomic E-state index is -1.52. The van der Waals surface area contributed by atoms with Gasteiger partial charge in [-0.3, -0.25) is 0 Å². The average Bonchev–Trinajstić information content (AvgIpc) is 2.40. The Morgan fingerprint density at radius 2 is 1.95 bits per heavy atom. The van der Waals surface area contributed by atoms with Gasteiger partial charge in [0.25, 0.3) is 0 Å². The summed E-state index contributed by atoms with van der Waals surface area (Å²) in [6, 6.07) is 11.3. The van der Waals surface area contributed by atoms with E-state index in [2.05, 4.69) is 0 Å². The highest BCUT2D eigenvalue weighted by Gasteiger charge is 2.11. The van der Waals surface area contributed by atoms with Crippen molar-refractivity contribution in [2.75, 3.05) is 0 Å². The van der Waals surface area contributed by atoms with Crippen molar-refractivity contribution in [3.8, 4) is 5.75 Å². The van der Waals surface area contributed by atoms with E-state index in [0.29, 0.717) is 5.46 Å². The summed E-state index contributed by atoms with van der Waals surface area (Å²) in [4.78, 5) is 0. The molecule has 0 saturated heterocycles. The van der Waals surface area contributed by atoms with Crippen LogP contribution in [0.15, 0.2) is 42.5 Å². The third-order valence-corrected chi connectivity index (χ3v) is 2.73. The zero-order valence-corrected chi connectivity index (χ0v) is 10.5. The van der Waals surface area contributed by atoms with E-state index in [-0.39, 0.29) is 12.4 Å². The van der Waals surface area contributed by atoms with Gasteiger partial charge in [0.05, 0.1) is 0 Å². The van der Waals surface area contributed by atoms with E-state index in [4.69, 9.17) is 14.8 Å². The van der Waals surface area contributed by atoms with Crippen LogP contribution in [0.25, 0.3) is 0 Å². The largest absolute Gasteiger partial charge is 0.488 e. The summed E-state index contributed by atoms with van der Waals surface area (Å²) in [6.45, 7) is 2.02. The van der Waals surface area contributed by atoms with Crippen LogP contribution < -0.4 is 10.2 Å². The van der Waals surface area contributed by atoms with Crippen LogP contribution in [0.4, 0.5) is 4.39 Å². The molecule has 2 rings (SSSR count). The third kappa shape index (κ3) is 3.56. The highest BCUT2D eigenvalue weighted by Crippen LogP contribution is 2.19. The third-order valence-electron chi connectivity index (χ3n) is 2.73. The van der Waals surface area contributed by atoms with Crippen LogP contribution in [-0.4, -0.2) is 17.2 Å². The standard InChI is InChI=1S/C14H14BFO3/c1-10-5-6-13(16)14(7-10)19-9-11-3-2-4-12(8-11)15(17)18/h2-8,17-18H,9H2,1H3. The van der Waals surface area contributed by atoms with Crippen LogP contribution in [0.3, 0.4) is 0 Å². The lowest BCUT2D eigenvalue weighted by Gasteiger charge is -2.09. The Hall–Kier alpha value is -1.85. The first kappa shape index (κ1) is 13.6. The number of halogens is 1. The van der Waals surface area contributed by atoms with Crippen LogP contribution in [0.2, 0.25) is 0 Å². The van der Waals surface area contributed by atoms with Gasteiger partial charge in [-0.05, 0) is 35.6 Å². The maximum atomic E-state index is 13.5. The molecule has 19 heavy (non-hydrogen) atoms. The molecule has 2 aromatic carbocycles. The zero-order valence-electron chi connectivity index (χ0n) is 10.5. The van der Waals surface area contributed by atoms with Gasteiger partial charge in [-0.25, -0.2) is 4.39 Å². The summed E-state index contributed by atoms with van der Waals surface area (Å²) in [7, 11) is -1.52. The summed E-state index contributed by atoms with van der Waals surface area (Å²) < 4.78 is 18.9. The molecule has 0 aliphatic carbocycles. The molecular formula is C14H14BFO3. The molecule has 0 bridgehead atoms. The molecule has 98 valence electrons. The van der Waals surface area contributed by atoms with Crippen LogP contribution in [0.1, 0.15) is 11.1 Å². The van der Waals surface area contributed by atoms with E-state index >= 15 is 0 Å². The first-order chi connectivity index (χ1) is 9.06. The Morgan fingerprint density at radius 3 is 2.68 bits per heavy atom. The van der Waals surface area contributed by atoms with Crippen molar-refractivity contribution in [1.82, 2.24) is 0 Å². The van der Waals surface area contributed by atoms with Crippen molar-refractivity contribution in [3.05, 3.63) is 59.4 Å². The molecule has 0 aliphatic heterocycles.